The molecule has 4 heteroatoms. The van der Waals surface area contributed by atoms with Crippen LogP contribution in [0.5, 0.6) is 5.75 Å². The molecule has 0 amide bonds. The summed E-state index contributed by atoms with van der Waals surface area (Å²) in [6, 6.07) is 7.76. The van der Waals surface area contributed by atoms with Crippen molar-refractivity contribution in [3.8, 4) is 11.8 Å². The maximum atomic E-state index is 8.98. The molecule has 4 nitrogen and oxygen atoms in total. The molecular formula is C15H20N2O2. The van der Waals surface area contributed by atoms with Crippen LogP contribution in [0.4, 0.5) is 0 Å². The molecule has 0 bridgehead atoms. The van der Waals surface area contributed by atoms with Crippen molar-refractivity contribution in [3.05, 3.63) is 29.3 Å². The predicted octanol–water partition coefficient (Wildman–Crippen LogP) is 2.04. The van der Waals surface area contributed by atoms with Gasteiger partial charge in [-0.25, -0.2) is 0 Å². The Balaban J connectivity index is 2.05. The molecule has 1 saturated heterocycles. The van der Waals surface area contributed by atoms with Crippen LogP contribution in [-0.2, 0) is 11.3 Å². The third-order valence-electron chi connectivity index (χ3n) is 3.58. The zero-order valence-electron chi connectivity index (χ0n) is 11.6. The Bertz CT molecular complexity index is 468. The average molecular weight is 260 g/mol. The van der Waals surface area contributed by atoms with E-state index in [1.807, 2.05) is 12.1 Å². The summed E-state index contributed by atoms with van der Waals surface area (Å²) in [4.78, 5) is 2.39. The second-order valence-electron chi connectivity index (χ2n) is 4.98. The van der Waals surface area contributed by atoms with Crippen molar-refractivity contribution in [1.82, 2.24) is 4.90 Å². The number of benzene rings is 1. The summed E-state index contributed by atoms with van der Waals surface area (Å²) >= 11 is 0. The number of hydrogen-bond acceptors (Lipinski definition) is 4. The summed E-state index contributed by atoms with van der Waals surface area (Å²) < 4.78 is 10.6. The molecule has 1 atom stereocenters. The fraction of sp³-hybridized carbons (Fsp3) is 0.533. The Morgan fingerprint density at radius 3 is 2.95 bits per heavy atom. The molecule has 0 aromatic heterocycles. The topological polar surface area (TPSA) is 45.5 Å². The lowest BCUT2D eigenvalue weighted by Crippen LogP contribution is -2.21. The minimum absolute atomic E-state index is 0.621. The van der Waals surface area contributed by atoms with Crippen molar-refractivity contribution in [1.29, 1.82) is 5.26 Å². The van der Waals surface area contributed by atoms with Crippen molar-refractivity contribution in [2.24, 2.45) is 5.92 Å². The van der Waals surface area contributed by atoms with E-state index in [1.54, 1.807) is 20.3 Å². The summed E-state index contributed by atoms with van der Waals surface area (Å²) in [6.45, 7) is 3.78. The molecule has 1 heterocycles. The molecule has 1 unspecified atom stereocenters. The van der Waals surface area contributed by atoms with Crippen LogP contribution in [0.15, 0.2) is 18.2 Å². The van der Waals surface area contributed by atoms with Crippen molar-refractivity contribution < 1.29 is 9.47 Å². The third-order valence-corrected chi connectivity index (χ3v) is 3.58. The summed E-state index contributed by atoms with van der Waals surface area (Å²) in [5.74, 6) is 1.48. The van der Waals surface area contributed by atoms with Crippen molar-refractivity contribution in [2.75, 3.05) is 33.9 Å². The molecule has 1 fully saturated rings. The molecule has 0 radical (unpaired) electrons. The molecule has 2 rings (SSSR count). The van der Waals surface area contributed by atoms with Crippen molar-refractivity contribution in [2.45, 2.75) is 13.0 Å². The highest BCUT2D eigenvalue weighted by atomic mass is 16.5. The quantitative estimate of drug-likeness (QED) is 0.812. The van der Waals surface area contributed by atoms with Gasteiger partial charge in [0.25, 0.3) is 0 Å². The van der Waals surface area contributed by atoms with Gasteiger partial charge in [0.1, 0.15) is 5.75 Å². The second kappa shape index (κ2) is 6.55. The summed E-state index contributed by atoms with van der Waals surface area (Å²) in [6.07, 6.45) is 1.17. The van der Waals surface area contributed by atoms with E-state index in [0.717, 1.165) is 37.6 Å². The SMILES string of the molecule is COCC1CCN(Cc2cc(C#N)ccc2OC)C1. The van der Waals surface area contributed by atoms with E-state index in [4.69, 9.17) is 14.7 Å². The van der Waals surface area contributed by atoms with Crippen molar-refractivity contribution >= 4 is 0 Å². The maximum absolute atomic E-state index is 8.98. The number of ether oxygens (including phenoxy) is 2. The van der Waals surface area contributed by atoms with Crippen LogP contribution < -0.4 is 4.74 Å². The molecule has 102 valence electrons. The van der Waals surface area contributed by atoms with Gasteiger partial charge in [0.2, 0.25) is 0 Å². The highest BCUT2D eigenvalue weighted by Gasteiger charge is 2.23. The first-order valence-electron chi connectivity index (χ1n) is 6.55. The number of nitrogens with zero attached hydrogens (tertiary/aromatic N) is 2. The van der Waals surface area contributed by atoms with E-state index in [0.29, 0.717) is 11.5 Å². The highest BCUT2D eigenvalue weighted by Crippen LogP contribution is 2.25. The van der Waals surface area contributed by atoms with Gasteiger partial charge < -0.3 is 9.47 Å². The number of hydrogen-bond donors (Lipinski definition) is 0. The zero-order valence-corrected chi connectivity index (χ0v) is 11.6. The van der Waals surface area contributed by atoms with Crippen LogP contribution in [0.3, 0.4) is 0 Å². The van der Waals surface area contributed by atoms with Gasteiger partial charge in [0, 0.05) is 25.8 Å². The fourth-order valence-electron chi connectivity index (χ4n) is 2.64. The van der Waals surface area contributed by atoms with Gasteiger partial charge in [-0.2, -0.15) is 5.26 Å². The van der Waals surface area contributed by atoms with Gasteiger partial charge in [0.05, 0.1) is 25.3 Å². The molecule has 1 aromatic carbocycles. The van der Waals surface area contributed by atoms with Gasteiger partial charge in [0.15, 0.2) is 0 Å². The van der Waals surface area contributed by atoms with Crippen LogP contribution in [0.25, 0.3) is 0 Å². The third kappa shape index (κ3) is 3.46. The highest BCUT2D eigenvalue weighted by molar-refractivity contribution is 5.42. The summed E-state index contributed by atoms with van der Waals surface area (Å²) in [5.41, 5.74) is 1.77. The Morgan fingerprint density at radius 2 is 2.26 bits per heavy atom. The number of methoxy groups -OCH3 is 2. The van der Waals surface area contributed by atoms with E-state index in [9.17, 15) is 0 Å². The van der Waals surface area contributed by atoms with Crippen LogP contribution in [0.1, 0.15) is 17.5 Å². The first kappa shape index (κ1) is 13.9. The van der Waals surface area contributed by atoms with Crippen LogP contribution in [0, 0.1) is 17.2 Å². The van der Waals surface area contributed by atoms with E-state index in [2.05, 4.69) is 11.0 Å². The molecule has 1 aliphatic rings. The fourth-order valence-corrected chi connectivity index (χ4v) is 2.64. The Hall–Kier alpha value is -1.57. The van der Waals surface area contributed by atoms with Gasteiger partial charge >= 0.3 is 0 Å². The largest absolute Gasteiger partial charge is 0.496 e. The first-order chi connectivity index (χ1) is 9.26. The predicted molar refractivity (Wildman–Crippen MR) is 73.0 cm³/mol. The van der Waals surface area contributed by atoms with Crippen LogP contribution >= 0.6 is 0 Å². The Morgan fingerprint density at radius 1 is 1.42 bits per heavy atom. The normalized spacial score (nSPS) is 19.3. The minimum atomic E-state index is 0.621. The molecule has 0 N–H and O–H groups in total. The number of rotatable bonds is 5. The summed E-state index contributed by atoms with van der Waals surface area (Å²) in [7, 11) is 3.42. The van der Waals surface area contributed by atoms with Crippen molar-refractivity contribution in [3.63, 3.8) is 0 Å². The zero-order chi connectivity index (χ0) is 13.7. The number of likely N-dealkylation sites (tertiary alicyclic amines) is 1. The molecular weight excluding hydrogens is 240 g/mol. The van der Waals surface area contributed by atoms with Gasteiger partial charge in [-0.05, 0) is 37.1 Å². The lowest BCUT2D eigenvalue weighted by Gasteiger charge is -2.18. The monoisotopic (exact) mass is 260 g/mol. The Labute approximate surface area is 114 Å². The molecule has 0 saturated carbocycles. The maximum Gasteiger partial charge on any atom is 0.123 e. The van der Waals surface area contributed by atoms with Gasteiger partial charge in [-0.1, -0.05) is 0 Å². The van der Waals surface area contributed by atoms with E-state index in [-0.39, 0.29) is 0 Å². The first-order valence-corrected chi connectivity index (χ1v) is 6.55. The minimum Gasteiger partial charge on any atom is -0.496 e. The molecule has 1 aliphatic heterocycles. The van der Waals surface area contributed by atoms with Crippen LogP contribution in [0.2, 0.25) is 0 Å². The molecule has 0 aliphatic carbocycles. The summed E-state index contributed by atoms with van der Waals surface area (Å²) in [5, 5.41) is 8.98. The average Bonchev–Trinajstić information content (AvgIpc) is 2.86. The molecule has 1 aromatic rings. The van der Waals surface area contributed by atoms with Crippen LogP contribution in [-0.4, -0.2) is 38.8 Å². The number of nitriles is 1. The molecule has 19 heavy (non-hydrogen) atoms. The standard InChI is InChI=1S/C15H20N2O2/c1-18-11-13-5-6-17(9-13)10-14-7-12(8-16)3-4-15(14)19-2/h3-4,7,13H,5-6,9-11H2,1-2H3. The smallest absolute Gasteiger partial charge is 0.123 e. The Kier molecular flexibility index (Phi) is 4.78. The van der Waals surface area contributed by atoms with E-state index < -0.39 is 0 Å². The lowest BCUT2D eigenvalue weighted by molar-refractivity contribution is 0.152. The van der Waals surface area contributed by atoms with E-state index >= 15 is 0 Å². The second-order valence-corrected chi connectivity index (χ2v) is 4.98. The van der Waals surface area contributed by atoms with Gasteiger partial charge in [-0.15, -0.1) is 0 Å². The lowest BCUT2D eigenvalue weighted by atomic mass is 10.1. The molecule has 0 spiro atoms. The van der Waals surface area contributed by atoms with Gasteiger partial charge in [-0.3, -0.25) is 4.90 Å². The van der Waals surface area contributed by atoms with E-state index in [1.165, 1.54) is 6.42 Å².